The van der Waals surface area contributed by atoms with E-state index in [2.05, 4.69) is 13.2 Å². The highest BCUT2D eigenvalue weighted by Gasteiger charge is 2.20. The summed E-state index contributed by atoms with van der Waals surface area (Å²) in [5.41, 5.74) is 3.65. The first-order chi connectivity index (χ1) is 32.6. The number of allylic oxidation sites excluding steroid dienone is 2. The standard InChI is InChI=1S/C54H51NO12/c1-3-51(58)66-47(38-64-53(60)44-22-14-16-40(34-44)26-28-49(56)42-18-8-5-9-19-42)36-62-32-30-55(46-24-12-7-13-25-46)31-33-63-37-48(67-52(59)4-2)39-65-54(61)45-23-15-17-41(35-45)27-29-50(57)43-20-10-6-11-21-43/h3-29,34-35,47-48H,1-2,30-33,36-39H2/b28-26+,29-27+. The molecule has 0 heterocycles. The Morgan fingerprint density at radius 1 is 0.478 bits per heavy atom. The molecule has 5 aromatic carbocycles. The number of nitrogens with zero attached hydrogens (tertiary/aromatic N) is 1. The van der Waals surface area contributed by atoms with Crippen molar-refractivity contribution in [3.05, 3.63) is 210 Å². The van der Waals surface area contributed by atoms with Crippen molar-refractivity contribution >= 4 is 53.3 Å². The van der Waals surface area contributed by atoms with Crippen LogP contribution in [0.1, 0.15) is 52.6 Å². The van der Waals surface area contributed by atoms with Gasteiger partial charge >= 0.3 is 23.9 Å². The number of carbonyl (C=O) groups excluding carboxylic acids is 6. The van der Waals surface area contributed by atoms with E-state index in [-0.39, 0.29) is 62.3 Å². The lowest BCUT2D eigenvalue weighted by Gasteiger charge is -2.26. The topological polar surface area (TPSA) is 161 Å². The molecule has 2 atom stereocenters. The van der Waals surface area contributed by atoms with E-state index in [9.17, 15) is 28.8 Å². The highest BCUT2D eigenvalue weighted by atomic mass is 16.6. The number of hydrogen-bond acceptors (Lipinski definition) is 13. The molecule has 13 nitrogen and oxygen atoms in total. The molecule has 0 spiro atoms. The Labute approximate surface area is 389 Å². The number of carbonyl (C=O) groups is 6. The molecule has 0 fully saturated rings. The van der Waals surface area contributed by atoms with Gasteiger partial charge in [-0.05, 0) is 59.7 Å². The molecule has 2 unspecified atom stereocenters. The summed E-state index contributed by atoms with van der Waals surface area (Å²) in [6.07, 6.45) is 6.18. The Kier molecular flexibility index (Phi) is 20.4. The molecule has 344 valence electrons. The van der Waals surface area contributed by atoms with Gasteiger partial charge in [-0.1, -0.05) is 128 Å². The van der Waals surface area contributed by atoms with Gasteiger partial charge < -0.3 is 33.3 Å². The second kappa shape index (κ2) is 27.4. The van der Waals surface area contributed by atoms with E-state index in [0.29, 0.717) is 35.3 Å². The van der Waals surface area contributed by atoms with Crippen LogP contribution in [-0.4, -0.2) is 100 Å². The molecule has 0 aliphatic carbocycles. The fourth-order valence-corrected chi connectivity index (χ4v) is 6.23. The van der Waals surface area contributed by atoms with Crippen LogP contribution < -0.4 is 4.90 Å². The van der Waals surface area contributed by atoms with E-state index in [4.69, 9.17) is 28.4 Å². The minimum atomic E-state index is -0.949. The quantitative estimate of drug-likeness (QED) is 0.0163. The summed E-state index contributed by atoms with van der Waals surface area (Å²) in [6.45, 7) is 7.23. The third kappa shape index (κ3) is 17.5. The van der Waals surface area contributed by atoms with Crippen molar-refractivity contribution in [1.82, 2.24) is 0 Å². The number of rotatable bonds is 27. The zero-order valence-electron chi connectivity index (χ0n) is 36.8. The first kappa shape index (κ1) is 50.0. The van der Waals surface area contributed by atoms with Crippen LogP contribution in [0.4, 0.5) is 5.69 Å². The first-order valence-corrected chi connectivity index (χ1v) is 21.3. The highest BCUT2D eigenvalue weighted by Crippen LogP contribution is 2.15. The number of anilines is 1. The van der Waals surface area contributed by atoms with Crippen molar-refractivity contribution in [3.63, 3.8) is 0 Å². The van der Waals surface area contributed by atoms with Gasteiger partial charge in [0.25, 0.3) is 0 Å². The second-order valence-electron chi connectivity index (χ2n) is 14.6. The van der Waals surface area contributed by atoms with Gasteiger partial charge in [-0.25, -0.2) is 19.2 Å². The van der Waals surface area contributed by atoms with Gasteiger partial charge in [0.1, 0.15) is 13.2 Å². The predicted octanol–water partition coefficient (Wildman–Crippen LogP) is 8.23. The third-order valence-electron chi connectivity index (χ3n) is 9.66. The van der Waals surface area contributed by atoms with Gasteiger partial charge in [-0.3, -0.25) is 9.59 Å². The number of para-hydroxylation sites is 1. The summed E-state index contributed by atoms with van der Waals surface area (Å²) in [5.74, 6) is -3.12. The maximum atomic E-state index is 13.0. The maximum Gasteiger partial charge on any atom is 0.338 e. The van der Waals surface area contributed by atoms with Gasteiger partial charge in [-0.15, -0.1) is 0 Å². The SMILES string of the molecule is C=CC(=O)OC(COCCN(CCOCC(COC(=O)c1cccc(/C=C/C(=O)c2ccccc2)c1)OC(=O)C=C)c1ccccc1)COC(=O)c1cccc(/C=C/C(=O)c2ccccc2)c1. The average Bonchev–Trinajstić information content (AvgIpc) is 3.37. The van der Waals surface area contributed by atoms with Crippen LogP contribution in [0.25, 0.3) is 12.2 Å². The van der Waals surface area contributed by atoms with Crippen molar-refractivity contribution < 1.29 is 57.2 Å². The lowest BCUT2D eigenvalue weighted by molar-refractivity contribution is -0.149. The van der Waals surface area contributed by atoms with Crippen LogP contribution in [-0.2, 0) is 38.0 Å². The van der Waals surface area contributed by atoms with E-state index in [1.54, 1.807) is 109 Å². The Bertz CT molecular complexity index is 2350. The molecule has 5 rings (SSSR count). The minimum absolute atomic E-state index is 0.0969. The lowest BCUT2D eigenvalue weighted by atomic mass is 10.1. The van der Waals surface area contributed by atoms with Crippen LogP contribution in [0.2, 0.25) is 0 Å². The van der Waals surface area contributed by atoms with Crippen LogP contribution in [0.3, 0.4) is 0 Å². The minimum Gasteiger partial charge on any atom is -0.458 e. The smallest absolute Gasteiger partial charge is 0.338 e. The normalized spacial score (nSPS) is 11.8. The van der Waals surface area contributed by atoms with Crippen LogP contribution in [0.15, 0.2) is 177 Å². The van der Waals surface area contributed by atoms with Gasteiger partial charge in [0, 0.05) is 42.1 Å². The fraction of sp³-hybridized carbons (Fsp3) is 0.185. The summed E-state index contributed by atoms with van der Waals surface area (Å²) >= 11 is 0. The van der Waals surface area contributed by atoms with E-state index in [0.717, 1.165) is 17.8 Å². The van der Waals surface area contributed by atoms with Crippen LogP contribution in [0.5, 0.6) is 0 Å². The Balaban J connectivity index is 1.10. The van der Waals surface area contributed by atoms with Crippen molar-refractivity contribution in [1.29, 1.82) is 0 Å². The summed E-state index contributed by atoms with van der Waals surface area (Å²) in [4.78, 5) is 77.5. The second-order valence-corrected chi connectivity index (χ2v) is 14.6. The van der Waals surface area contributed by atoms with Gasteiger partial charge in [0.05, 0.1) is 37.6 Å². The van der Waals surface area contributed by atoms with E-state index in [1.807, 2.05) is 47.4 Å². The van der Waals surface area contributed by atoms with Gasteiger partial charge in [0.2, 0.25) is 0 Å². The van der Waals surface area contributed by atoms with E-state index < -0.39 is 36.1 Å². The lowest BCUT2D eigenvalue weighted by Crippen LogP contribution is -2.35. The molecule has 13 heteroatoms. The zero-order chi connectivity index (χ0) is 47.6. The van der Waals surface area contributed by atoms with E-state index in [1.165, 1.54) is 12.2 Å². The molecule has 0 N–H and O–H groups in total. The van der Waals surface area contributed by atoms with Crippen LogP contribution >= 0.6 is 0 Å². The van der Waals surface area contributed by atoms with Crippen molar-refractivity contribution in [2.24, 2.45) is 0 Å². The summed E-state index contributed by atoms with van der Waals surface area (Å²) in [6, 6.07) is 40.3. The Morgan fingerprint density at radius 2 is 0.866 bits per heavy atom. The highest BCUT2D eigenvalue weighted by molar-refractivity contribution is 6.07. The number of benzene rings is 5. The average molecular weight is 906 g/mol. The Morgan fingerprint density at radius 3 is 1.27 bits per heavy atom. The first-order valence-electron chi connectivity index (χ1n) is 21.3. The molecule has 0 amide bonds. The monoisotopic (exact) mass is 905 g/mol. The van der Waals surface area contributed by atoms with Gasteiger partial charge in [0.15, 0.2) is 23.8 Å². The number of ketones is 2. The van der Waals surface area contributed by atoms with Crippen LogP contribution in [0, 0.1) is 0 Å². The summed E-state index contributed by atoms with van der Waals surface area (Å²) in [5, 5.41) is 0. The maximum absolute atomic E-state index is 13.0. The summed E-state index contributed by atoms with van der Waals surface area (Å²) in [7, 11) is 0. The Hall–Kier alpha value is -8.00. The fourth-order valence-electron chi connectivity index (χ4n) is 6.23. The molecular weight excluding hydrogens is 855 g/mol. The molecule has 0 radical (unpaired) electrons. The van der Waals surface area contributed by atoms with E-state index >= 15 is 0 Å². The third-order valence-corrected chi connectivity index (χ3v) is 9.66. The largest absolute Gasteiger partial charge is 0.458 e. The molecule has 0 aliphatic heterocycles. The molecule has 0 bridgehead atoms. The molecular formula is C54H51NO12. The summed E-state index contributed by atoms with van der Waals surface area (Å²) < 4.78 is 33.7. The predicted molar refractivity (Wildman–Crippen MR) is 254 cm³/mol. The number of esters is 4. The van der Waals surface area contributed by atoms with Crippen molar-refractivity contribution in [3.8, 4) is 0 Å². The molecule has 0 saturated heterocycles. The van der Waals surface area contributed by atoms with Crippen molar-refractivity contribution in [2.45, 2.75) is 12.2 Å². The number of hydrogen-bond donors (Lipinski definition) is 0. The molecule has 0 saturated carbocycles. The van der Waals surface area contributed by atoms with Crippen molar-refractivity contribution in [2.75, 3.05) is 57.6 Å². The molecule has 0 aromatic heterocycles. The zero-order valence-corrected chi connectivity index (χ0v) is 36.8. The number of ether oxygens (including phenoxy) is 6. The molecule has 0 aliphatic rings. The molecule has 5 aromatic rings. The van der Waals surface area contributed by atoms with Gasteiger partial charge in [-0.2, -0.15) is 0 Å². The molecule has 67 heavy (non-hydrogen) atoms.